The van der Waals surface area contributed by atoms with Crippen LogP contribution in [0.15, 0.2) is 48.8 Å². The highest BCUT2D eigenvalue weighted by Gasteiger charge is 2.65. The van der Waals surface area contributed by atoms with E-state index in [0.29, 0.717) is 10.6 Å². The summed E-state index contributed by atoms with van der Waals surface area (Å²) in [5.74, 6) is -1.63. The third kappa shape index (κ3) is 2.36. The standard InChI is InChI=1S/C21H17ClN4O2/c1-12(27)19-18(13-6-8-25-9-7-13)21(11-23,20(24)28)17-5-2-14-10-15(22)3-4-16(14)26(17)19/h2-10,17-19H,1H3,(H2,24,28)/t17-,18+,19-,21-/m1/s1. The van der Waals surface area contributed by atoms with Gasteiger partial charge in [0, 0.05) is 29.0 Å². The molecule has 1 amide bonds. The zero-order valence-electron chi connectivity index (χ0n) is 15.0. The average Bonchev–Trinajstić information content (AvgIpc) is 3.00. The Bertz CT molecular complexity index is 1050. The van der Waals surface area contributed by atoms with Crippen LogP contribution in [0, 0.1) is 16.7 Å². The molecule has 4 rings (SSSR count). The number of carbonyl (C=O) groups excluding carboxylic acids is 2. The molecule has 0 spiro atoms. The smallest absolute Gasteiger partial charge is 0.241 e. The summed E-state index contributed by atoms with van der Waals surface area (Å²) in [5, 5.41) is 10.8. The van der Waals surface area contributed by atoms with E-state index in [1.165, 1.54) is 6.92 Å². The number of carbonyl (C=O) groups is 2. The number of halogens is 1. The second kappa shape index (κ2) is 6.47. The molecular formula is C21H17ClN4O2. The van der Waals surface area contributed by atoms with Crippen LogP contribution in [0.4, 0.5) is 5.69 Å². The molecule has 1 aromatic heterocycles. The molecule has 0 unspecified atom stereocenters. The van der Waals surface area contributed by atoms with Crippen LogP contribution in [0.25, 0.3) is 6.08 Å². The number of fused-ring (bicyclic) bond motifs is 3. The molecule has 0 saturated carbocycles. The second-order valence-electron chi connectivity index (χ2n) is 7.07. The molecule has 2 aliphatic heterocycles. The minimum absolute atomic E-state index is 0.151. The van der Waals surface area contributed by atoms with Gasteiger partial charge in [-0.05, 0) is 48.4 Å². The Labute approximate surface area is 167 Å². The maximum Gasteiger partial charge on any atom is 0.241 e. The minimum atomic E-state index is -1.61. The second-order valence-corrected chi connectivity index (χ2v) is 7.51. The number of benzene rings is 1. The van der Waals surface area contributed by atoms with Gasteiger partial charge in [0.1, 0.15) is 0 Å². The number of primary amides is 1. The van der Waals surface area contributed by atoms with Crippen LogP contribution in [0.2, 0.25) is 5.02 Å². The average molecular weight is 393 g/mol. The zero-order chi connectivity index (χ0) is 20.1. The van der Waals surface area contributed by atoms with E-state index in [2.05, 4.69) is 11.1 Å². The molecule has 7 heteroatoms. The Balaban J connectivity index is 2.03. The topological polar surface area (TPSA) is 100 Å². The third-order valence-corrected chi connectivity index (χ3v) is 5.91. The Morgan fingerprint density at radius 2 is 2.00 bits per heavy atom. The maximum atomic E-state index is 12.8. The van der Waals surface area contributed by atoms with Gasteiger partial charge in [0.05, 0.1) is 18.2 Å². The first kappa shape index (κ1) is 18.2. The molecule has 0 aliphatic carbocycles. The van der Waals surface area contributed by atoms with Gasteiger partial charge in [-0.25, -0.2) is 0 Å². The number of rotatable bonds is 3. The summed E-state index contributed by atoms with van der Waals surface area (Å²) in [6, 6.07) is 9.55. The highest BCUT2D eigenvalue weighted by molar-refractivity contribution is 6.30. The van der Waals surface area contributed by atoms with Crippen molar-refractivity contribution >= 4 is 35.1 Å². The van der Waals surface area contributed by atoms with Crippen molar-refractivity contribution in [1.82, 2.24) is 4.98 Å². The number of nitrogens with zero attached hydrogens (tertiary/aromatic N) is 3. The maximum absolute atomic E-state index is 12.8. The molecule has 3 heterocycles. The summed E-state index contributed by atoms with van der Waals surface area (Å²) >= 11 is 6.12. The lowest BCUT2D eigenvalue weighted by Crippen LogP contribution is -2.48. The molecular weight excluding hydrogens is 376 g/mol. The molecule has 140 valence electrons. The van der Waals surface area contributed by atoms with Gasteiger partial charge in [-0.15, -0.1) is 0 Å². The number of hydrogen-bond donors (Lipinski definition) is 1. The molecule has 1 fully saturated rings. The number of ketones is 1. The highest BCUT2D eigenvalue weighted by atomic mass is 35.5. The van der Waals surface area contributed by atoms with Crippen LogP contribution >= 0.6 is 11.6 Å². The van der Waals surface area contributed by atoms with E-state index in [-0.39, 0.29) is 5.78 Å². The van der Waals surface area contributed by atoms with E-state index in [0.717, 1.165) is 11.3 Å². The third-order valence-electron chi connectivity index (χ3n) is 5.67. The van der Waals surface area contributed by atoms with Gasteiger partial charge in [-0.2, -0.15) is 5.26 Å². The Hall–Kier alpha value is -3.17. The van der Waals surface area contributed by atoms with E-state index in [4.69, 9.17) is 17.3 Å². The largest absolute Gasteiger partial charge is 0.368 e. The van der Waals surface area contributed by atoms with E-state index < -0.39 is 29.3 Å². The quantitative estimate of drug-likeness (QED) is 0.865. The van der Waals surface area contributed by atoms with Gasteiger partial charge in [0.25, 0.3) is 0 Å². The predicted octanol–water partition coefficient (Wildman–Crippen LogP) is 2.69. The Morgan fingerprint density at radius 3 is 2.61 bits per heavy atom. The van der Waals surface area contributed by atoms with Crippen molar-refractivity contribution in [3.8, 4) is 6.07 Å². The van der Waals surface area contributed by atoms with Crippen molar-refractivity contribution in [2.24, 2.45) is 11.1 Å². The van der Waals surface area contributed by atoms with Crippen LogP contribution in [0.5, 0.6) is 0 Å². The molecule has 28 heavy (non-hydrogen) atoms. The Kier molecular flexibility index (Phi) is 4.20. The van der Waals surface area contributed by atoms with Crippen molar-refractivity contribution in [1.29, 1.82) is 5.26 Å². The summed E-state index contributed by atoms with van der Waals surface area (Å²) in [6.45, 7) is 1.47. The van der Waals surface area contributed by atoms with Gasteiger partial charge in [-0.3, -0.25) is 14.6 Å². The lowest BCUT2D eigenvalue weighted by Gasteiger charge is -2.36. The number of hydrogen-bond acceptors (Lipinski definition) is 5. The molecule has 2 aliphatic rings. The van der Waals surface area contributed by atoms with E-state index >= 15 is 0 Å². The fourth-order valence-corrected chi connectivity index (χ4v) is 4.74. The normalized spacial score (nSPS) is 27.6. The fourth-order valence-electron chi connectivity index (χ4n) is 4.56. The number of nitriles is 1. The van der Waals surface area contributed by atoms with E-state index in [1.54, 1.807) is 42.7 Å². The summed E-state index contributed by atoms with van der Waals surface area (Å²) < 4.78 is 0. The summed E-state index contributed by atoms with van der Waals surface area (Å²) in [5.41, 5.74) is 6.45. The first-order chi connectivity index (χ1) is 13.4. The lowest BCUT2D eigenvalue weighted by atomic mass is 9.68. The summed E-state index contributed by atoms with van der Waals surface area (Å²) in [6.07, 6.45) is 6.75. The molecule has 6 nitrogen and oxygen atoms in total. The molecule has 2 N–H and O–H groups in total. The zero-order valence-corrected chi connectivity index (χ0v) is 15.8. The van der Waals surface area contributed by atoms with Gasteiger partial charge in [0.2, 0.25) is 5.91 Å². The number of aromatic nitrogens is 1. The fraction of sp³-hybridized carbons (Fsp3) is 0.238. The molecule has 4 atom stereocenters. The van der Waals surface area contributed by atoms with E-state index in [9.17, 15) is 14.9 Å². The van der Waals surface area contributed by atoms with Crippen LogP contribution < -0.4 is 10.6 Å². The van der Waals surface area contributed by atoms with Crippen molar-refractivity contribution < 1.29 is 9.59 Å². The number of nitrogens with two attached hydrogens (primary N) is 1. The van der Waals surface area contributed by atoms with Gasteiger partial charge >= 0.3 is 0 Å². The molecule has 0 radical (unpaired) electrons. The van der Waals surface area contributed by atoms with Crippen LogP contribution in [-0.2, 0) is 9.59 Å². The lowest BCUT2D eigenvalue weighted by molar-refractivity contribution is -0.125. The van der Waals surface area contributed by atoms with Crippen molar-refractivity contribution in [2.45, 2.75) is 24.9 Å². The number of pyridine rings is 1. The number of anilines is 1. The Morgan fingerprint density at radius 1 is 1.29 bits per heavy atom. The van der Waals surface area contributed by atoms with Crippen LogP contribution in [-0.4, -0.2) is 28.8 Å². The van der Waals surface area contributed by atoms with Crippen LogP contribution in [0.1, 0.15) is 24.0 Å². The first-order valence-corrected chi connectivity index (χ1v) is 9.17. The van der Waals surface area contributed by atoms with Crippen molar-refractivity contribution in [2.75, 3.05) is 4.90 Å². The summed E-state index contributed by atoms with van der Waals surface area (Å²) in [4.78, 5) is 31.4. The monoisotopic (exact) mass is 392 g/mol. The molecule has 0 bridgehead atoms. The molecule has 2 aromatic rings. The molecule has 1 aromatic carbocycles. The van der Waals surface area contributed by atoms with Crippen molar-refractivity contribution in [3.63, 3.8) is 0 Å². The summed E-state index contributed by atoms with van der Waals surface area (Å²) in [7, 11) is 0. The SMILES string of the molecule is CC(=O)[C@@H]1[C@H](c2ccncc2)[C@](C#N)(C(N)=O)[C@H]2C=Cc3cc(Cl)ccc3N12. The first-order valence-electron chi connectivity index (χ1n) is 8.79. The number of Topliss-reactive ketones (excluding diaryl/α,β-unsaturated/α-hetero) is 1. The van der Waals surface area contributed by atoms with E-state index in [1.807, 2.05) is 17.0 Å². The predicted molar refractivity (Wildman–Crippen MR) is 105 cm³/mol. The highest BCUT2D eigenvalue weighted by Crippen LogP contribution is 2.55. The van der Waals surface area contributed by atoms with Crippen molar-refractivity contribution in [3.05, 3.63) is 65.0 Å². The van der Waals surface area contributed by atoms with Gasteiger partial charge in [0.15, 0.2) is 11.2 Å². The van der Waals surface area contributed by atoms with Gasteiger partial charge in [-0.1, -0.05) is 23.8 Å². The molecule has 1 saturated heterocycles. The van der Waals surface area contributed by atoms with Gasteiger partial charge < -0.3 is 10.6 Å². The minimum Gasteiger partial charge on any atom is -0.368 e. The number of amides is 1. The van der Waals surface area contributed by atoms with Crippen LogP contribution in [0.3, 0.4) is 0 Å².